The fourth-order valence-corrected chi connectivity index (χ4v) is 3.10. The third-order valence-electron chi connectivity index (χ3n) is 4.33. The van der Waals surface area contributed by atoms with Crippen LogP contribution in [0, 0.1) is 13.8 Å². The van der Waals surface area contributed by atoms with E-state index in [1.54, 1.807) is 0 Å². The van der Waals surface area contributed by atoms with Gasteiger partial charge in [-0.3, -0.25) is 0 Å². The van der Waals surface area contributed by atoms with E-state index in [1.165, 1.54) is 16.7 Å². The van der Waals surface area contributed by atoms with E-state index in [2.05, 4.69) is 71.5 Å². The number of nitrogens with one attached hydrogen (secondary N) is 1. The SMILES string of the molecule is Cc1cccc(NCc2cc(Br)ccc2OCc2ccccc2)c1C. The lowest BCUT2D eigenvalue weighted by Gasteiger charge is -2.15. The van der Waals surface area contributed by atoms with Gasteiger partial charge in [0.15, 0.2) is 0 Å². The largest absolute Gasteiger partial charge is 0.489 e. The molecule has 128 valence electrons. The van der Waals surface area contributed by atoms with Crippen molar-refractivity contribution in [1.29, 1.82) is 0 Å². The maximum Gasteiger partial charge on any atom is 0.124 e. The molecule has 3 aromatic carbocycles. The molecule has 0 unspecified atom stereocenters. The van der Waals surface area contributed by atoms with Gasteiger partial charge in [0, 0.05) is 22.3 Å². The second-order valence-corrected chi connectivity index (χ2v) is 7.04. The van der Waals surface area contributed by atoms with Crippen molar-refractivity contribution in [3.8, 4) is 5.75 Å². The minimum Gasteiger partial charge on any atom is -0.489 e. The van der Waals surface area contributed by atoms with Gasteiger partial charge in [0.2, 0.25) is 0 Å². The summed E-state index contributed by atoms with van der Waals surface area (Å²) < 4.78 is 7.11. The van der Waals surface area contributed by atoms with Crippen molar-refractivity contribution in [1.82, 2.24) is 0 Å². The summed E-state index contributed by atoms with van der Waals surface area (Å²) in [5.41, 5.74) is 6.03. The molecule has 0 spiro atoms. The first kappa shape index (κ1) is 17.6. The van der Waals surface area contributed by atoms with Crippen LogP contribution in [0.5, 0.6) is 5.75 Å². The minimum atomic E-state index is 0.568. The number of benzene rings is 3. The first-order valence-corrected chi connectivity index (χ1v) is 9.18. The van der Waals surface area contributed by atoms with Gasteiger partial charge in [-0.05, 0) is 54.8 Å². The van der Waals surface area contributed by atoms with Gasteiger partial charge >= 0.3 is 0 Å². The molecule has 0 aromatic heterocycles. The zero-order valence-corrected chi connectivity index (χ0v) is 16.1. The maximum absolute atomic E-state index is 6.06. The molecule has 2 nitrogen and oxygen atoms in total. The molecule has 1 N–H and O–H groups in total. The van der Waals surface area contributed by atoms with Crippen LogP contribution in [0.15, 0.2) is 71.2 Å². The molecule has 3 rings (SSSR count). The Kier molecular flexibility index (Phi) is 5.77. The third kappa shape index (κ3) is 4.64. The molecule has 0 aliphatic rings. The minimum absolute atomic E-state index is 0.568. The highest BCUT2D eigenvalue weighted by Crippen LogP contribution is 2.26. The summed E-state index contributed by atoms with van der Waals surface area (Å²) in [4.78, 5) is 0. The molecule has 0 radical (unpaired) electrons. The topological polar surface area (TPSA) is 21.3 Å². The number of hydrogen-bond acceptors (Lipinski definition) is 2. The average Bonchev–Trinajstić information content (AvgIpc) is 2.63. The fraction of sp³-hybridized carbons (Fsp3) is 0.182. The van der Waals surface area contributed by atoms with E-state index in [1.807, 2.05) is 30.3 Å². The van der Waals surface area contributed by atoms with E-state index in [-0.39, 0.29) is 0 Å². The zero-order valence-electron chi connectivity index (χ0n) is 14.6. The number of aryl methyl sites for hydroxylation is 1. The Morgan fingerprint density at radius 3 is 2.52 bits per heavy atom. The van der Waals surface area contributed by atoms with Gasteiger partial charge in [-0.2, -0.15) is 0 Å². The van der Waals surface area contributed by atoms with Crippen molar-refractivity contribution >= 4 is 21.6 Å². The Morgan fingerprint density at radius 2 is 1.72 bits per heavy atom. The van der Waals surface area contributed by atoms with Crippen molar-refractivity contribution < 1.29 is 4.74 Å². The van der Waals surface area contributed by atoms with Crippen LogP contribution in [0.4, 0.5) is 5.69 Å². The van der Waals surface area contributed by atoms with Gasteiger partial charge < -0.3 is 10.1 Å². The molecule has 0 saturated heterocycles. The molecule has 0 amide bonds. The standard InChI is InChI=1S/C22H22BrNO/c1-16-7-6-10-21(17(16)2)24-14-19-13-20(23)11-12-22(19)25-15-18-8-4-3-5-9-18/h3-13,24H,14-15H2,1-2H3. The second kappa shape index (κ2) is 8.21. The molecule has 0 atom stereocenters. The summed E-state index contributed by atoms with van der Waals surface area (Å²) in [5.74, 6) is 0.907. The lowest BCUT2D eigenvalue weighted by atomic mass is 10.1. The van der Waals surface area contributed by atoms with Crippen molar-refractivity contribution in [2.24, 2.45) is 0 Å². The average molecular weight is 396 g/mol. The van der Waals surface area contributed by atoms with Crippen LogP contribution < -0.4 is 10.1 Å². The molecular formula is C22H22BrNO. The second-order valence-electron chi connectivity index (χ2n) is 6.13. The molecule has 3 aromatic rings. The molecule has 0 saturated carbocycles. The first-order valence-electron chi connectivity index (χ1n) is 8.39. The van der Waals surface area contributed by atoms with Gasteiger partial charge in [-0.25, -0.2) is 0 Å². The molecule has 0 bridgehead atoms. The molecule has 3 heteroatoms. The molecule has 25 heavy (non-hydrogen) atoms. The van der Waals surface area contributed by atoms with Gasteiger partial charge in [0.1, 0.15) is 12.4 Å². The molecule has 0 aliphatic carbocycles. The van der Waals surface area contributed by atoms with Crippen LogP contribution >= 0.6 is 15.9 Å². The predicted molar refractivity (Wildman–Crippen MR) is 108 cm³/mol. The number of rotatable bonds is 6. The Hall–Kier alpha value is -2.26. The quantitative estimate of drug-likeness (QED) is 0.531. The fourth-order valence-electron chi connectivity index (χ4n) is 2.70. The van der Waals surface area contributed by atoms with Gasteiger partial charge in [-0.1, -0.05) is 58.4 Å². The Balaban J connectivity index is 1.74. The van der Waals surface area contributed by atoms with Crippen LogP contribution in [-0.4, -0.2) is 0 Å². The van der Waals surface area contributed by atoms with Crippen LogP contribution in [0.25, 0.3) is 0 Å². The molecule has 0 heterocycles. The van der Waals surface area contributed by atoms with E-state index in [0.29, 0.717) is 13.2 Å². The number of hydrogen-bond donors (Lipinski definition) is 1. The zero-order chi connectivity index (χ0) is 17.6. The van der Waals surface area contributed by atoms with E-state index in [0.717, 1.165) is 21.5 Å². The first-order chi connectivity index (χ1) is 12.1. The van der Waals surface area contributed by atoms with E-state index in [9.17, 15) is 0 Å². The van der Waals surface area contributed by atoms with Crippen molar-refractivity contribution in [2.75, 3.05) is 5.32 Å². The lowest BCUT2D eigenvalue weighted by molar-refractivity contribution is 0.303. The highest BCUT2D eigenvalue weighted by atomic mass is 79.9. The summed E-state index contributed by atoms with van der Waals surface area (Å²) in [7, 11) is 0. The highest BCUT2D eigenvalue weighted by molar-refractivity contribution is 9.10. The highest BCUT2D eigenvalue weighted by Gasteiger charge is 2.07. The van der Waals surface area contributed by atoms with Crippen LogP contribution in [0.3, 0.4) is 0 Å². The third-order valence-corrected chi connectivity index (χ3v) is 4.83. The van der Waals surface area contributed by atoms with Gasteiger partial charge in [-0.15, -0.1) is 0 Å². The molecule has 0 fully saturated rings. The lowest BCUT2D eigenvalue weighted by Crippen LogP contribution is -2.05. The normalized spacial score (nSPS) is 10.5. The summed E-state index contributed by atoms with van der Waals surface area (Å²) in [6, 6.07) is 22.7. The summed E-state index contributed by atoms with van der Waals surface area (Å²) in [6.45, 7) is 5.56. The van der Waals surface area contributed by atoms with Gasteiger partial charge in [0.25, 0.3) is 0 Å². The van der Waals surface area contributed by atoms with E-state index in [4.69, 9.17) is 4.74 Å². The Bertz CT molecular complexity index is 846. The van der Waals surface area contributed by atoms with Crippen LogP contribution in [0.2, 0.25) is 0 Å². The molecular weight excluding hydrogens is 374 g/mol. The van der Waals surface area contributed by atoms with E-state index < -0.39 is 0 Å². The predicted octanol–water partition coefficient (Wildman–Crippen LogP) is 6.26. The van der Waals surface area contributed by atoms with Crippen molar-refractivity contribution in [3.63, 3.8) is 0 Å². The number of halogens is 1. The smallest absolute Gasteiger partial charge is 0.124 e. The van der Waals surface area contributed by atoms with Crippen molar-refractivity contribution in [2.45, 2.75) is 27.0 Å². The van der Waals surface area contributed by atoms with Gasteiger partial charge in [0.05, 0.1) is 0 Å². The van der Waals surface area contributed by atoms with Crippen molar-refractivity contribution in [3.05, 3.63) is 93.5 Å². The summed E-state index contributed by atoms with van der Waals surface area (Å²) >= 11 is 3.56. The Morgan fingerprint density at radius 1 is 0.920 bits per heavy atom. The van der Waals surface area contributed by atoms with E-state index >= 15 is 0 Å². The Labute approximate surface area is 158 Å². The van der Waals surface area contributed by atoms with Crippen LogP contribution in [-0.2, 0) is 13.2 Å². The number of ether oxygens (including phenoxy) is 1. The molecule has 0 aliphatic heterocycles. The summed E-state index contributed by atoms with van der Waals surface area (Å²) in [5, 5.41) is 3.54. The summed E-state index contributed by atoms with van der Waals surface area (Å²) in [6.07, 6.45) is 0. The monoisotopic (exact) mass is 395 g/mol. The number of anilines is 1. The maximum atomic E-state index is 6.06. The van der Waals surface area contributed by atoms with Crippen LogP contribution in [0.1, 0.15) is 22.3 Å².